The molecule has 4 nitrogen and oxygen atoms in total. The minimum absolute atomic E-state index is 0.905. The van der Waals surface area contributed by atoms with E-state index < -0.39 is 0 Å². The molecule has 102 valence electrons. The van der Waals surface area contributed by atoms with Crippen molar-refractivity contribution < 1.29 is 0 Å². The van der Waals surface area contributed by atoms with E-state index in [4.69, 9.17) is 0 Å². The van der Waals surface area contributed by atoms with E-state index in [0.29, 0.717) is 0 Å². The highest BCUT2D eigenvalue weighted by Crippen LogP contribution is 2.29. The van der Waals surface area contributed by atoms with Gasteiger partial charge in [0.2, 0.25) is 0 Å². The van der Waals surface area contributed by atoms with Crippen LogP contribution in [0.4, 0.5) is 0 Å². The van der Waals surface area contributed by atoms with Crippen LogP contribution in [0.1, 0.15) is 5.56 Å². The Morgan fingerprint density at radius 2 is 1.95 bits per heavy atom. The first-order chi connectivity index (χ1) is 9.85. The molecule has 0 aliphatic carbocycles. The summed E-state index contributed by atoms with van der Waals surface area (Å²) < 4.78 is 3.89. The molecule has 0 unspecified atom stereocenters. The maximum atomic E-state index is 4.21. The van der Waals surface area contributed by atoms with Gasteiger partial charge in [-0.1, -0.05) is 47.0 Å². The van der Waals surface area contributed by atoms with Gasteiger partial charge in [0.25, 0.3) is 0 Å². The Morgan fingerprint density at radius 1 is 1.15 bits per heavy atom. The summed E-state index contributed by atoms with van der Waals surface area (Å²) >= 11 is 5.00. The molecule has 0 aliphatic rings. The second kappa shape index (κ2) is 6.43. The smallest absolute Gasteiger partial charge is 0.175 e. The second-order valence-corrected chi connectivity index (χ2v) is 7.20. The molecule has 0 aliphatic heterocycles. The van der Waals surface area contributed by atoms with Gasteiger partial charge in [-0.15, -0.1) is 10.2 Å². The lowest BCUT2D eigenvalue weighted by molar-refractivity contribution is 0.880. The van der Waals surface area contributed by atoms with Crippen molar-refractivity contribution in [1.82, 2.24) is 20.0 Å². The van der Waals surface area contributed by atoms with E-state index in [0.717, 1.165) is 20.1 Å². The van der Waals surface area contributed by atoms with Gasteiger partial charge in [-0.2, -0.15) is 5.10 Å². The molecule has 20 heavy (non-hydrogen) atoms. The van der Waals surface area contributed by atoms with Crippen molar-refractivity contribution in [3.8, 4) is 5.69 Å². The van der Waals surface area contributed by atoms with Gasteiger partial charge in [0.1, 0.15) is 0 Å². The number of aromatic nitrogens is 4. The van der Waals surface area contributed by atoms with Crippen LogP contribution >= 0.6 is 34.9 Å². The SMILES string of the molecule is CSc1nnc(SCc2ccc(-n3cccn3)cc2)s1. The molecule has 0 N–H and O–H groups in total. The molecule has 0 radical (unpaired) electrons. The van der Waals surface area contributed by atoms with Crippen LogP contribution in [0, 0.1) is 0 Å². The normalized spacial score (nSPS) is 10.8. The van der Waals surface area contributed by atoms with E-state index in [1.165, 1.54) is 5.56 Å². The van der Waals surface area contributed by atoms with Crippen LogP contribution in [0.25, 0.3) is 5.69 Å². The Labute approximate surface area is 129 Å². The summed E-state index contributed by atoms with van der Waals surface area (Å²) in [5.41, 5.74) is 2.34. The van der Waals surface area contributed by atoms with Gasteiger partial charge in [-0.3, -0.25) is 0 Å². The third-order valence-corrected chi connectivity index (χ3v) is 5.73. The summed E-state index contributed by atoms with van der Waals surface area (Å²) in [6.45, 7) is 0. The van der Waals surface area contributed by atoms with Gasteiger partial charge in [0, 0.05) is 18.1 Å². The van der Waals surface area contributed by atoms with Crippen molar-refractivity contribution in [2.45, 2.75) is 14.4 Å². The van der Waals surface area contributed by atoms with E-state index in [1.807, 2.05) is 23.2 Å². The highest BCUT2D eigenvalue weighted by atomic mass is 32.2. The predicted molar refractivity (Wildman–Crippen MR) is 84.8 cm³/mol. The Balaban J connectivity index is 1.63. The topological polar surface area (TPSA) is 43.6 Å². The molecule has 0 saturated carbocycles. The average Bonchev–Trinajstić information content (AvgIpc) is 3.17. The summed E-state index contributed by atoms with van der Waals surface area (Å²) in [6, 6.07) is 10.3. The van der Waals surface area contributed by atoms with E-state index in [2.05, 4.69) is 39.6 Å². The minimum Gasteiger partial charge on any atom is -0.241 e. The van der Waals surface area contributed by atoms with Crippen molar-refractivity contribution in [3.63, 3.8) is 0 Å². The number of hydrogen-bond donors (Lipinski definition) is 0. The van der Waals surface area contributed by atoms with E-state index in [-0.39, 0.29) is 0 Å². The van der Waals surface area contributed by atoms with Crippen LogP contribution in [-0.4, -0.2) is 26.2 Å². The lowest BCUT2D eigenvalue weighted by Gasteiger charge is -2.03. The molecule has 3 aromatic rings. The van der Waals surface area contributed by atoms with Crippen molar-refractivity contribution in [1.29, 1.82) is 0 Å². The number of benzene rings is 1. The molecule has 2 heterocycles. The minimum atomic E-state index is 0.905. The number of hydrogen-bond acceptors (Lipinski definition) is 6. The fourth-order valence-corrected chi connectivity index (χ4v) is 4.04. The summed E-state index contributed by atoms with van der Waals surface area (Å²) in [5, 5.41) is 12.5. The zero-order valence-electron chi connectivity index (χ0n) is 10.8. The highest BCUT2D eigenvalue weighted by molar-refractivity contribution is 8.02. The van der Waals surface area contributed by atoms with Crippen molar-refractivity contribution in [2.24, 2.45) is 0 Å². The number of thioether (sulfide) groups is 2. The molecule has 0 saturated heterocycles. The fourth-order valence-electron chi connectivity index (χ4n) is 1.65. The lowest BCUT2D eigenvalue weighted by Crippen LogP contribution is -1.93. The van der Waals surface area contributed by atoms with Crippen LogP contribution in [0.2, 0.25) is 0 Å². The highest BCUT2D eigenvalue weighted by Gasteiger charge is 2.04. The molecule has 2 aromatic heterocycles. The van der Waals surface area contributed by atoms with Gasteiger partial charge < -0.3 is 0 Å². The van der Waals surface area contributed by atoms with Crippen LogP contribution in [-0.2, 0) is 5.75 Å². The van der Waals surface area contributed by atoms with Crippen molar-refractivity contribution >= 4 is 34.9 Å². The standard InChI is InChI=1S/C13H12N4S3/c1-18-12-15-16-13(20-12)19-9-10-3-5-11(6-4-10)17-8-2-7-14-17/h2-8H,9H2,1H3. The maximum absolute atomic E-state index is 4.21. The number of nitrogens with zero attached hydrogens (tertiary/aromatic N) is 4. The third-order valence-electron chi connectivity index (χ3n) is 2.63. The summed E-state index contributed by atoms with van der Waals surface area (Å²) in [6.07, 6.45) is 5.74. The molecule has 0 amide bonds. The molecule has 3 rings (SSSR count). The maximum Gasteiger partial charge on any atom is 0.175 e. The van der Waals surface area contributed by atoms with E-state index in [1.54, 1.807) is 41.1 Å². The summed E-state index contributed by atoms with van der Waals surface area (Å²) in [5.74, 6) is 0.905. The molecule has 0 fully saturated rings. The Kier molecular flexibility index (Phi) is 4.39. The molecule has 0 bridgehead atoms. The predicted octanol–water partition coefficient (Wildman–Crippen LogP) is 3.74. The summed E-state index contributed by atoms with van der Waals surface area (Å²) in [7, 11) is 0. The Bertz CT molecular complexity index is 661. The first-order valence-corrected chi connectivity index (χ1v) is 8.97. The van der Waals surface area contributed by atoms with Crippen LogP contribution in [0.3, 0.4) is 0 Å². The second-order valence-electron chi connectivity index (χ2n) is 3.94. The Hall–Kier alpha value is -1.31. The van der Waals surface area contributed by atoms with Crippen molar-refractivity contribution in [2.75, 3.05) is 6.26 Å². The van der Waals surface area contributed by atoms with Gasteiger partial charge in [0.15, 0.2) is 8.68 Å². The molecular weight excluding hydrogens is 308 g/mol. The molecule has 1 aromatic carbocycles. The Morgan fingerprint density at radius 3 is 2.60 bits per heavy atom. The monoisotopic (exact) mass is 320 g/mol. The zero-order valence-corrected chi connectivity index (χ0v) is 13.2. The zero-order chi connectivity index (χ0) is 13.8. The van der Waals surface area contributed by atoms with Gasteiger partial charge in [0.05, 0.1) is 5.69 Å². The molecule has 7 heteroatoms. The first-order valence-electron chi connectivity index (χ1n) is 5.94. The van der Waals surface area contributed by atoms with Gasteiger partial charge in [-0.25, -0.2) is 4.68 Å². The molecule has 0 spiro atoms. The van der Waals surface area contributed by atoms with Crippen LogP contribution < -0.4 is 0 Å². The largest absolute Gasteiger partial charge is 0.241 e. The quantitative estimate of drug-likeness (QED) is 0.670. The van der Waals surface area contributed by atoms with E-state index >= 15 is 0 Å². The number of rotatable bonds is 5. The van der Waals surface area contributed by atoms with Crippen LogP contribution in [0.5, 0.6) is 0 Å². The molecule has 0 atom stereocenters. The van der Waals surface area contributed by atoms with Gasteiger partial charge >= 0.3 is 0 Å². The first kappa shape index (κ1) is 13.7. The van der Waals surface area contributed by atoms with Gasteiger partial charge in [-0.05, 0) is 30.0 Å². The third kappa shape index (κ3) is 3.23. The van der Waals surface area contributed by atoms with E-state index in [9.17, 15) is 0 Å². The van der Waals surface area contributed by atoms with Crippen molar-refractivity contribution in [3.05, 3.63) is 48.3 Å². The van der Waals surface area contributed by atoms with Crippen LogP contribution in [0.15, 0.2) is 51.4 Å². The summed E-state index contributed by atoms with van der Waals surface area (Å²) in [4.78, 5) is 0. The average molecular weight is 320 g/mol. The fraction of sp³-hybridized carbons (Fsp3) is 0.154. The lowest BCUT2D eigenvalue weighted by atomic mass is 10.2. The molecular formula is C13H12N4S3.